The van der Waals surface area contributed by atoms with Gasteiger partial charge in [-0.3, -0.25) is 9.69 Å². The molecule has 0 saturated carbocycles. The molecule has 2 aromatic carbocycles. The van der Waals surface area contributed by atoms with Gasteiger partial charge >= 0.3 is 6.03 Å². The number of hydrogen-bond acceptors (Lipinski definition) is 5. The van der Waals surface area contributed by atoms with Gasteiger partial charge in [0, 0.05) is 57.1 Å². The SMILES string of the molecule is COc1cccc(C(=O)N2CCN(CC3CN(C(=O)Nc4ccccc4)CCO3)CC2)c1. The maximum atomic E-state index is 12.8. The Morgan fingerprint density at radius 2 is 1.78 bits per heavy atom. The van der Waals surface area contributed by atoms with Gasteiger partial charge in [-0.25, -0.2) is 4.79 Å². The van der Waals surface area contributed by atoms with Crippen molar-refractivity contribution in [1.29, 1.82) is 0 Å². The van der Waals surface area contributed by atoms with E-state index in [4.69, 9.17) is 9.47 Å². The monoisotopic (exact) mass is 438 g/mol. The van der Waals surface area contributed by atoms with Crippen LogP contribution in [-0.4, -0.2) is 92.3 Å². The van der Waals surface area contributed by atoms with Gasteiger partial charge in [0.1, 0.15) is 5.75 Å². The zero-order valence-electron chi connectivity index (χ0n) is 18.4. The maximum absolute atomic E-state index is 12.8. The van der Waals surface area contributed by atoms with Crippen molar-refractivity contribution in [2.75, 3.05) is 64.8 Å². The molecule has 1 unspecified atom stereocenters. The second-order valence-electron chi connectivity index (χ2n) is 8.06. The van der Waals surface area contributed by atoms with E-state index in [1.165, 1.54) is 0 Å². The molecule has 2 aliphatic rings. The predicted octanol–water partition coefficient (Wildman–Crippen LogP) is 2.39. The third kappa shape index (κ3) is 5.57. The number of methoxy groups -OCH3 is 1. The van der Waals surface area contributed by atoms with Crippen molar-refractivity contribution in [2.24, 2.45) is 0 Å². The van der Waals surface area contributed by atoms with Gasteiger partial charge in [0.2, 0.25) is 0 Å². The average Bonchev–Trinajstić information content (AvgIpc) is 2.85. The summed E-state index contributed by atoms with van der Waals surface area (Å²) in [7, 11) is 1.60. The largest absolute Gasteiger partial charge is 0.497 e. The Morgan fingerprint density at radius 3 is 2.53 bits per heavy atom. The van der Waals surface area contributed by atoms with E-state index in [-0.39, 0.29) is 18.0 Å². The molecule has 32 heavy (non-hydrogen) atoms. The molecule has 0 spiro atoms. The third-order valence-corrected chi connectivity index (χ3v) is 5.89. The van der Waals surface area contributed by atoms with Crippen LogP contribution < -0.4 is 10.1 Å². The van der Waals surface area contributed by atoms with Crippen LogP contribution in [0, 0.1) is 0 Å². The number of para-hydroxylation sites is 1. The van der Waals surface area contributed by atoms with Gasteiger partial charge in [-0.2, -0.15) is 0 Å². The van der Waals surface area contributed by atoms with Crippen molar-refractivity contribution in [3.63, 3.8) is 0 Å². The number of piperazine rings is 1. The highest BCUT2D eigenvalue weighted by atomic mass is 16.5. The van der Waals surface area contributed by atoms with Gasteiger partial charge in [-0.05, 0) is 30.3 Å². The summed E-state index contributed by atoms with van der Waals surface area (Å²) in [4.78, 5) is 31.4. The minimum Gasteiger partial charge on any atom is -0.497 e. The summed E-state index contributed by atoms with van der Waals surface area (Å²) >= 11 is 0. The zero-order chi connectivity index (χ0) is 22.3. The van der Waals surface area contributed by atoms with Crippen LogP contribution in [0.15, 0.2) is 54.6 Å². The molecule has 2 aliphatic heterocycles. The first-order valence-corrected chi connectivity index (χ1v) is 11.0. The number of rotatable bonds is 5. The predicted molar refractivity (Wildman–Crippen MR) is 122 cm³/mol. The van der Waals surface area contributed by atoms with Gasteiger partial charge in [0.05, 0.1) is 19.8 Å². The summed E-state index contributed by atoms with van der Waals surface area (Å²) in [6.45, 7) is 5.32. The Bertz CT molecular complexity index is 915. The van der Waals surface area contributed by atoms with Crippen molar-refractivity contribution >= 4 is 17.6 Å². The summed E-state index contributed by atoms with van der Waals surface area (Å²) in [5.74, 6) is 0.714. The Kier molecular flexibility index (Phi) is 7.24. The number of carbonyl (C=O) groups excluding carboxylic acids is 2. The number of hydrogen-bond donors (Lipinski definition) is 1. The first-order valence-electron chi connectivity index (χ1n) is 11.0. The van der Waals surface area contributed by atoms with Crippen LogP contribution >= 0.6 is 0 Å². The lowest BCUT2D eigenvalue weighted by Gasteiger charge is -2.39. The van der Waals surface area contributed by atoms with Crippen molar-refractivity contribution in [3.05, 3.63) is 60.2 Å². The van der Waals surface area contributed by atoms with E-state index < -0.39 is 0 Å². The molecule has 1 atom stereocenters. The summed E-state index contributed by atoms with van der Waals surface area (Å²) in [5, 5.41) is 2.94. The molecule has 1 N–H and O–H groups in total. The fourth-order valence-electron chi connectivity index (χ4n) is 4.10. The molecule has 8 heteroatoms. The van der Waals surface area contributed by atoms with Gasteiger partial charge in [0.25, 0.3) is 5.91 Å². The Hall–Kier alpha value is -3.10. The van der Waals surface area contributed by atoms with Crippen molar-refractivity contribution < 1.29 is 19.1 Å². The van der Waals surface area contributed by atoms with E-state index in [9.17, 15) is 9.59 Å². The highest BCUT2D eigenvalue weighted by molar-refractivity contribution is 5.94. The first kappa shape index (κ1) is 22.1. The second kappa shape index (κ2) is 10.5. The fraction of sp³-hybridized carbons (Fsp3) is 0.417. The number of amides is 3. The highest BCUT2D eigenvalue weighted by Crippen LogP contribution is 2.17. The molecule has 4 rings (SSSR count). The first-order chi connectivity index (χ1) is 15.6. The molecule has 0 bridgehead atoms. The average molecular weight is 439 g/mol. The van der Waals surface area contributed by atoms with E-state index in [0.717, 1.165) is 25.3 Å². The summed E-state index contributed by atoms with van der Waals surface area (Å²) in [6.07, 6.45) is -0.0362. The van der Waals surface area contributed by atoms with Gasteiger partial charge in [-0.15, -0.1) is 0 Å². The van der Waals surface area contributed by atoms with Crippen LogP contribution in [0.1, 0.15) is 10.4 Å². The van der Waals surface area contributed by atoms with Crippen molar-refractivity contribution in [2.45, 2.75) is 6.10 Å². The Balaban J connectivity index is 1.24. The molecule has 0 radical (unpaired) electrons. The normalized spacial score (nSPS) is 19.5. The number of morpholine rings is 1. The summed E-state index contributed by atoms with van der Waals surface area (Å²) in [6, 6.07) is 16.6. The number of nitrogens with one attached hydrogen (secondary N) is 1. The van der Waals surface area contributed by atoms with Gasteiger partial charge in [0.15, 0.2) is 0 Å². The summed E-state index contributed by atoms with van der Waals surface area (Å²) < 4.78 is 11.2. The molecule has 0 aliphatic carbocycles. The maximum Gasteiger partial charge on any atom is 0.322 e. The van der Waals surface area contributed by atoms with E-state index in [2.05, 4.69) is 10.2 Å². The number of nitrogens with zero attached hydrogens (tertiary/aromatic N) is 3. The molecule has 2 aromatic rings. The van der Waals surface area contributed by atoms with Crippen LogP contribution in [-0.2, 0) is 4.74 Å². The lowest BCUT2D eigenvalue weighted by molar-refractivity contribution is -0.0338. The van der Waals surface area contributed by atoms with Crippen LogP contribution in [0.2, 0.25) is 0 Å². The number of anilines is 1. The van der Waals surface area contributed by atoms with E-state index in [0.29, 0.717) is 44.1 Å². The fourth-order valence-corrected chi connectivity index (χ4v) is 4.10. The Labute approximate surface area is 188 Å². The van der Waals surface area contributed by atoms with Crippen molar-refractivity contribution in [1.82, 2.24) is 14.7 Å². The molecule has 0 aromatic heterocycles. The standard InChI is InChI=1S/C24H30N4O4/c1-31-21-9-5-6-19(16-21)23(29)27-12-10-26(11-13-27)17-22-18-28(14-15-32-22)24(30)25-20-7-3-2-4-8-20/h2-9,16,22H,10-15,17-18H2,1H3,(H,25,30). The smallest absolute Gasteiger partial charge is 0.322 e. The molecule has 2 fully saturated rings. The molecule has 3 amide bonds. The van der Waals surface area contributed by atoms with E-state index in [1.807, 2.05) is 58.3 Å². The zero-order valence-corrected chi connectivity index (χ0v) is 18.4. The van der Waals surface area contributed by atoms with Crippen LogP contribution in [0.25, 0.3) is 0 Å². The number of ether oxygens (including phenoxy) is 2. The molecule has 8 nitrogen and oxygen atoms in total. The molecular formula is C24H30N4O4. The van der Waals surface area contributed by atoms with Gasteiger partial charge in [-0.1, -0.05) is 24.3 Å². The molecule has 2 heterocycles. The minimum atomic E-state index is -0.0989. The highest BCUT2D eigenvalue weighted by Gasteiger charge is 2.28. The molecule has 170 valence electrons. The minimum absolute atomic E-state index is 0.0289. The number of benzene rings is 2. The number of carbonyl (C=O) groups is 2. The van der Waals surface area contributed by atoms with Crippen LogP contribution in [0.5, 0.6) is 5.75 Å². The second-order valence-corrected chi connectivity index (χ2v) is 8.06. The van der Waals surface area contributed by atoms with Crippen LogP contribution in [0.4, 0.5) is 10.5 Å². The van der Waals surface area contributed by atoms with E-state index >= 15 is 0 Å². The quantitative estimate of drug-likeness (QED) is 0.776. The topological polar surface area (TPSA) is 74.4 Å². The lowest BCUT2D eigenvalue weighted by atomic mass is 10.1. The summed E-state index contributed by atoms with van der Waals surface area (Å²) in [5.41, 5.74) is 1.44. The third-order valence-electron chi connectivity index (χ3n) is 5.89. The van der Waals surface area contributed by atoms with Gasteiger partial charge < -0.3 is 24.6 Å². The molecular weight excluding hydrogens is 408 g/mol. The van der Waals surface area contributed by atoms with Crippen molar-refractivity contribution in [3.8, 4) is 5.75 Å². The Morgan fingerprint density at radius 1 is 1.00 bits per heavy atom. The van der Waals surface area contributed by atoms with E-state index in [1.54, 1.807) is 13.2 Å². The molecule has 2 saturated heterocycles. The van der Waals surface area contributed by atoms with Crippen LogP contribution in [0.3, 0.4) is 0 Å². The number of urea groups is 1. The lowest BCUT2D eigenvalue weighted by Crippen LogP contribution is -2.54.